The Morgan fingerprint density at radius 3 is 2.63 bits per heavy atom. The molecule has 1 aliphatic rings. The van der Waals surface area contributed by atoms with Crippen LogP contribution in [0.25, 0.3) is 11.1 Å². The number of carbonyl (C=O) groups is 2. The van der Waals surface area contributed by atoms with Crippen LogP contribution < -0.4 is 10.6 Å². The molecule has 1 atom stereocenters. The first kappa shape index (κ1) is 17.0. The summed E-state index contributed by atoms with van der Waals surface area (Å²) in [5.74, 6) is -0.711. The third-order valence-corrected chi connectivity index (χ3v) is 4.51. The predicted molar refractivity (Wildman–Crippen MR) is 99.7 cm³/mol. The Hall–Kier alpha value is -3.48. The topological polar surface area (TPSA) is 76.0 Å². The molecule has 3 aromatic rings. The van der Waals surface area contributed by atoms with Crippen LogP contribution in [-0.4, -0.2) is 21.6 Å². The molecule has 6 nitrogen and oxygen atoms in total. The number of aryl methyl sites for hydroxylation is 1. The highest BCUT2D eigenvalue weighted by Crippen LogP contribution is 2.38. The molecule has 27 heavy (non-hydrogen) atoms. The van der Waals surface area contributed by atoms with Gasteiger partial charge in [0.1, 0.15) is 17.7 Å². The molecule has 4 rings (SSSR count). The van der Waals surface area contributed by atoms with Crippen LogP contribution >= 0.6 is 0 Å². The van der Waals surface area contributed by atoms with Gasteiger partial charge in [0.15, 0.2) is 0 Å². The van der Waals surface area contributed by atoms with Gasteiger partial charge < -0.3 is 10.6 Å². The minimum absolute atomic E-state index is 0.0859. The van der Waals surface area contributed by atoms with E-state index in [9.17, 15) is 14.0 Å². The Labute approximate surface area is 155 Å². The van der Waals surface area contributed by atoms with Gasteiger partial charge >= 0.3 is 0 Å². The summed E-state index contributed by atoms with van der Waals surface area (Å²) >= 11 is 0. The van der Waals surface area contributed by atoms with Crippen molar-refractivity contribution in [1.82, 2.24) is 9.78 Å². The van der Waals surface area contributed by atoms with Gasteiger partial charge in [-0.3, -0.25) is 9.59 Å². The van der Waals surface area contributed by atoms with Crippen LogP contribution in [0.15, 0.2) is 54.6 Å². The number of anilines is 2. The van der Waals surface area contributed by atoms with Crippen molar-refractivity contribution in [2.24, 2.45) is 0 Å². The van der Waals surface area contributed by atoms with Crippen LogP contribution in [0.1, 0.15) is 18.2 Å². The first-order valence-corrected chi connectivity index (χ1v) is 8.54. The van der Waals surface area contributed by atoms with E-state index < -0.39 is 17.8 Å². The van der Waals surface area contributed by atoms with E-state index in [2.05, 4.69) is 15.7 Å². The van der Waals surface area contributed by atoms with Crippen molar-refractivity contribution >= 4 is 23.3 Å². The van der Waals surface area contributed by atoms with Gasteiger partial charge in [-0.15, -0.1) is 0 Å². The first-order chi connectivity index (χ1) is 13.0. The fourth-order valence-corrected chi connectivity index (χ4v) is 3.27. The summed E-state index contributed by atoms with van der Waals surface area (Å²) in [6.45, 7) is 1.86. The maximum absolute atomic E-state index is 13.7. The van der Waals surface area contributed by atoms with Crippen molar-refractivity contribution < 1.29 is 14.0 Å². The van der Waals surface area contributed by atoms with Gasteiger partial charge in [-0.05, 0) is 24.6 Å². The summed E-state index contributed by atoms with van der Waals surface area (Å²) in [5, 5.41) is 9.79. The number of fused-ring (bicyclic) bond motifs is 1. The zero-order chi connectivity index (χ0) is 19.0. The summed E-state index contributed by atoms with van der Waals surface area (Å²) in [4.78, 5) is 24.8. The molecule has 1 aromatic heterocycles. The Balaban J connectivity index is 1.59. The summed E-state index contributed by atoms with van der Waals surface area (Å²) < 4.78 is 15.3. The number of benzene rings is 2. The fourth-order valence-electron chi connectivity index (χ4n) is 3.27. The number of carbonyl (C=O) groups excluding carboxylic acids is 2. The number of hydrogen-bond acceptors (Lipinski definition) is 3. The van der Waals surface area contributed by atoms with E-state index in [4.69, 9.17) is 0 Å². The lowest BCUT2D eigenvalue weighted by molar-refractivity contribution is -0.123. The summed E-state index contributed by atoms with van der Waals surface area (Å²) in [5.41, 5.74) is 2.62. The normalized spacial score (nSPS) is 15.3. The Morgan fingerprint density at radius 1 is 1.19 bits per heavy atom. The number of hydrogen-bond donors (Lipinski definition) is 2. The molecule has 2 aromatic carbocycles. The number of aromatic nitrogens is 2. The highest BCUT2D eigenvalue weighted by atomic mass is 19.1. The monoisotopic (exact) mass is 364 g/mol. The zero-order valence-corrected chi connectivity index (χ0v) is 14.6. The second-order valence-electron chi connectivity index (χ2n) is 6.36. The highest BCUT2D eigenvalue weighted by molar-refractivity contribution is 6.04. The number of halogens is 1. The fraction of sp³-hybridized carbons (Fsp3) is 0.150. The molecule has 2 heterocycles. The van der Waals surface area contributed by atoms with Crippen molar-refractivity contribution in [3.05, 3.63) is 66.1 Å². The second-order valence-corrected chi connectivity index (χ2v) is 6.36. The molecule has 2 amide bonds. The number of nitrogens with one attached hydrogen (secondary N) is 2. The Bertz CT molecular complexity index is 1030. The number of rotatable bonds is 4. The van der Waals surface area contributed by atoms with Crippen LogP contribution in [0.2, 0.25) is 0 Å². The Morgan fingerprint density at radius 2 is 1.89 bits per heavy atom. The number of amides is 2. The van der Waals surface area contributed by atoms with E-state index in [1.54, 1.807) is 16.8 Å². The van der Waals surface area contributed by atoms with Gasteiger partial charge in [-0.25, -0.2) is 9.07 Å². The van der Waals surface area contributed by atoms with Crippen LogP contribution in [-0.2, 0) is 9.59 Å². The third-order valence-electron chi connectivity index (χ3n) is 4.51. The second kappa shape index (κ2) is 6.68. The highest BCUT2D eigenvalue weighted by Gasteiger charge is 2.36. The van der Waals surface area contributed by atoms with Gasteiger partial charge in [-0.2, -0.15) is 5.10 Å². The molecule has 0 saturated heterocycles. The smallest absolute Gasteiger partial charge is 0.251 e. The lowest BCUT2D eigenvalue weighted by Gasteiger charge is -2.10. The summed E-state index contributed by atoms with van der Waals surface area (Å²) in [6, 6.07) is 14.7. The van der Waals surface area contributed by atoms with Crippen LogP contribution in [0.5, 0.6) is 0 Å². The molecule has 0 unspecified atom stereocenters. The Kier molecular flexibility index (Phi) is 4.19. The molecule has 0 fully saturated rings. The van der Waals surface area contributed by atoms with Gasteiger partial charge in [0, 0.05) is 5.56 Å². The average Bonchev–Trinajstić information content (AvgIpc) is 3.12. The lowest BCUT2D eigenvalue weighted by atomic mass is 10.1. The van der Waals surface area contributed by atoms with Gasteiger partial charge in [0.25, 0.3) is 5.91 Å². The molecule has 7 heteroatoms. The third kappa shape index (κ3) is 3.08. The van der Waals surface area contributed by atoms with E-state index in [1.807, 2.05) is 37.3 Å². The number of para-hydroxylation sites is 1. The summed E-state index contributed by atoms with van der Waals surface area (Å²) in [7, 11) is 0. The lowest BCUT2D eigenvalue weighted by Crippen LogP contribution is -2.24. The van der Waals surface area contributed by atoms with E-state index in [1.165, 1.54) is 12.1 Å². The van der Waals surface area contributed by atoms with Gasteiger partial charge in [-0.1, -0.05) is 42.5 Å². The van der Waals surface area contributed by atoms with Crippen molar-refractivity contribution in [3.8, 4) is 11.1 Å². The minimum atomic E-state index is -0.775. The van der Waals surface area contributed by atoms with Crippen molar-refractivity contribution in [2.75, 3.05) is 10.6 Å². The maximum atomic E-state index is 13.7. The molecule has 1 aliphatic heterocycles. The first-order valence-electron chi connectivity index (χ1n) is 8.54. The van der Waals surface area contributed by atoms with Crippen molar-refractivity contribution in [1.29, 1.82) is 0 Å². The predicted octanol–water partition coefficient (Wildman–Crippen LogP) is 3.52. The van der Waals surface area contributed by atoms with Gasteiger partial charge in [0.05, 0.1) is 17.8 Å². The van der Waals surface area contributed by atoms with Crippen LogP contribution in [0.3, 0.4) is 0 Å². The van der Waals surface area contributed by atoms with E-state index in [0.717, 1.165) is 16.8 Å². The van der Waals surface area contributed by atoms with Gasteiger partial charge in [0.2, 0.25) is 5.91 Å². The van der Waals surface area contributed by atoms with Crippen molar-refractivity contribution in [2.45, 2.75) is 19.4 Å². The number of nitrogens with zero attached hydrogens (tertiary/aromatic N) is 2. The van der Waals surface area contributed by atoms with E-state index in [0.29, 0.717) is 5.82 Å². The van der Waals surface area contributed by atoms with Crippen LogP contribution in [0, 0.1) is 12.7 Å². The molecule has 0 bridgehead atoms. The zero-order valence-electron chi connectivity index (χ0n) is 14.6. The minimum Gasteiger partial charge on any atom is -0.324 e. The molecule has 0 spiro atoms. The molecular formula is C20H17FN4O2. The quantitative estimate of drug-likeness (QED) is 0.744. The van der Waals surface area contributed by atoms with E-state index >= 15 is 0 Å². The van der Waals surface area contributed by atoms with Crippen LogP contribution in [0.4, 0.5) is 15.9 Å². The SMILES string of the molecule is Cc1nn2c(c1-c1ccccc1)NC(=O)[C@@H]2CC(=O)Nc1ccccc1F. The molecular weight excluding hydrogens is 347 g/mol. The standard InChI is InChI=1S/C20H17FN4O2/c1-12-18(13-7-3-2-4-8-13)19-23-20(27)16(25(19)24-12)11-17(26)22-15-10-6-5-9-14(15)21/h2-10,16H,11H2,1H3,(H,22,26)(H,23,27)/t16-/m0/s1. The molecule has 0 aliphatic carbocycles. The molecule has 0 saturated carbocycles. The largest absolute Gasteiger partial charge is 0.324 e. The molecule has 0 radical (unpaired) electrons. The molecule has 136 valence electrons. The summed E-state index contributed by atoms with van der Waals surface area (Å²) in [6.07, 6.45) is -0.136. The van der Waals surface area contributed by atoms with Crippen molar-refractivity contribution in [3.63, 3.8) is 0 Å². The van der Waals surface area contributed by atoms with E-state index in [-0.39, 0.29) is 18.0 Å². The molecule has 2 N–H and O–H groups in total. The average molecular weight is 364 g/mol. The maximum Gasteiger partial charge on any atom is 0.251 e.